The molecule has 2 aliphatic rings. The number of rotatable bonds is 5. The van der Waals surface area contributed by atoms with Crippen molar-refractivity contribution in [3.05, 3.63) is 71.3 Å². The maximum atomic E-state index is 13.5. The minimum atomic E-state index is -0.632. The van der Waals surface area contributed by atoms with E-state index in [1.165, 1.54) is 4.90 Å². The van der Waals surface area contributed by atoms with E-state index in [1.807, 2.05) is 44.2 Å². The van der Waals surface area contributed by atoms with Crippen molar-refractivity contribution in [3.8, 4) is 0 Å². The number of cyclic esters (lactones) is 1. The van der Waals surface area contributed by atoms with Gasteiger partial charge in [-0.2, -0.15) is 0 Å². The number of imide groups is 1. The second-order valence-corrected chi connectivity index (χ2v) is 8.66. The van der Waals surface area contributed by atoms with Crippen LogP contribution in [0.15, 0.2) is 54.6 Å². The van der Waals surface area contributed by atoms with Crippen molar-refractivity contribution in [1.29, 1.82) is 0 Å². The summed E-state index contributed by atoms with van der Waals surface area (Å²) >= 11 is 0. The number of hydrogen-bond donors (Lipinski definition) is 0. The van der Waals surface area contributed by atoms with E-state index in [1.54, 1.807) is 36.3 Å². The fourth-order valence-corrected chi connectivity index (χ4v) is 4.46. The fraction of sp³-hybridized carbons (Fsp3) is 0.400. The molecule has 0 spiro atoms. The highest BCUT2D eigenvalue weighted by atomic mass is 16.7. The molecule has 32 heavy (non-hydrogen) atoms. The minimum absolute atomic E-state index is 0.0725. The molecule has 0 bridgehead atoms. The summed E-state index contributed by atoms with van der Waals surface area (Å²) in [6.45, 7) is 6.35. The van der Waals surface area contributed by atoms with E-state index in [2.05, 4.69) is 0 Å². The standard InChI is InChI=1S/C25H28N2O5/c1-16(2)21-15-31-25(30)27(21)23(28)17(3)22-20-12-8-7-9-18(20)13-14-26(22)32-24(29)19-10-5-4-6-11-19/h4-12,16-17,21-22H,13-15H2,1-3H3/t17-,21+,22-/m0/s1. The lowest BCUT2D eigenvalue weighted by molar-refractivity contribution is -0.166. The second kappa shape index (κ2) is 9.12. The van der Waals surface area contributed by atoms with E-state index in [-0.39, 0.29) is 24.5 Å². The third-order valence-corrected chi connectivity index (χ3v) is 6.27. The van der Waals surface area contributed by atoms with Gasteiger partial charge in [-0.25, -0.2) is 14.5 Å². The highest BCUT2D eigenvalue weighted by Crippen LogP contribution is 2.37. The molecule has 2 aliphatic heterocycles. The molecule has 0 aliphatic carbocycles. The number of fused-ring (bicyclic) bond motifs is 1. The molecular weight excluding hydrogens is 408 g/mol. The van der Waals surface area contributed by atoms with Crippen LogP contribution in [0.25, 0.3) is 0 Å². The van der Waals surface area contributed by atoms with Gasteiger partial charge in [0.2, 0.25) is 5.91 Å². The van der Waals surface area contributed by atoms with Crippen LogP contribution in [-0.4, -0.2) is 47.1 Å². The Morgan fingerprint density at radius 1 is 1.03 bits per heavy atom. The summed E-state index contributed by atoms with van der Waals surface area (Å²) in [7, 11) is 0. The van der Waals surface area contributed by atoms with Crippen LogP contribution in [-0.2, 0) is 20.8 Å². The lowest BCUT2D eigenvalue weighted by Crippen LogP contribution is -2.49. The van der Waals surface area contributed by atoms with Crippen LogP contribution in [0.3, 0.4) is 0 Å². The molecule has 0 N–H and O–H groups in total. The molecule has 3 atom stereocenters. The van der Waals surface area contributed by atoms with Gasteiger partial charge in [-0.05, 0) is 35.6 Å². The van der Waals surface area contributed by atoms with Crippen molar-refractivity contribution in [2.24, 2.45) is 11.8 Å². The number of ether oxygens (including phenoxy) is 1. The molecule has 7 nitrogen and oxygen atoms in total. The molecule has 7 heteroatoms. The first-order chi connectivity index (χ1) is 15.4. The predicted molar refractivity (Wildman–Crippen MR) is 117 cm³/mol. The number of carbonyl (C=O) groups excluding carboxylic acids is 3. The number of hydrogen-bond acceptors (Lipinski definition) is 6. The van der Waals surface area contributed by atoms with Crippen LogP contribution in [0.5, 0.6) is 0 Å². The summed E-state index contributed by atoms with van der Waals surface area (Å²) in [5.74, 6) is -1.36. The van der Waals surface area contributed by atoms with Crippen molar-refractivity contribution in [2.75, 3.05) is 13.2 Å². The van der Waals surface area contributed by atoms with Crippen molar-refractivity contribution in [1.82, 2.24) is 9.96 Å². The second-order valence-electron chi connectivity index (χ2n) is 8.66. The minimum Gasteiger partial charge on any atom is -0.447 e. The largest absolute Gasteiger partial charge is 0.447 e. The van der Waals surface area contributed by atoms with Gasteiger partial charge < -0.3 is 9.57 Å². The van der Waals surface area contributed by atoms with E-state index in [0.29, 0.717) is 18.5 Å². The van der Waals surface area contributed by atoms with Gasteiger partial charge >= 0.3 is 12.1 Å². The molecule has 168 valence electrons. The van der Waals surface area contributed by atoms with Crippen LogP contribution in [0.1, 0.15) is 48.3 Å². The molecule has 0 radical (unpaired) electrons. The summed E-state index contributed by atoms with van der Waals surface area (Å²) < 4.78 is 5.18. The molecule has 0 aromatic heterocycles. The normalized spacial score (nSPS) is 21.8. The first kappa shape index (κ1) is 22.0. The Kier molecular flexibility index (Phi) is 6.28. The maximum absolute atomic E-state index is 13.5. The molecule has 1 saturated heterocycles. The highest BCUT2D eigenvalue weighted by Gasteiger charge is 2.45. The third-order valence-electron chi connectivity index (χ3n) is 6.27. The maximum Gasteiger partial charge on any atom is 0.416 e. The Morgan fingerprint density at radius 2 is 1.72 bits per heavy atom. The Bertz CT molecular complexity index is 1010. The van der Waals surface area contributed by atoms with Crippen molar-refractivity contribution in [2.45, 2.75) is 39.3 Å². The highest BCUT2D eigenvalue weighted by molar-refractivity contribution is 5.95. The van der Waals surface area contributed by atoms with Crippen LogP contribution < -0.4 is 0 Å². The van der Waals surface area contributed by atoms with Crippen LogP contribution in [0.4, 0.5) is 4.79 Å². The number of amides is 2. The summed E-state index contributed by atoms with van der Waals surface area (Å²) in [5, 5.41) is 1.59. The molecule has 0 saturated carbocycles. The number of benzene rings is 2. The Hall–Kier alpha value is -3.19. The average Bonchev–Trinajstić information content (AvgIpc) is 3.20. The molecule has 4 rings (SSSR count). The lowest BCUT2D eigenvalue weighted by atomic mass is 9.85. The zero-order valence-electron chi connectivity index (χ0n) is 18.6. The zero-order valence-corrected chi connectivity index (χ0v) is 18.6. The van der Waals surface area contributed by atoms with Gasteiger partial charge in [-0.15, -0.1) is 5.06 Å². The predicted octanol–water partition coefficient (Wildman–Crippen LogP) is 4.00. The first-order valence-electron chi connectivity index (χ1n) is 11.0. The quantitative estimate of drug-likeness (QED) is 0.705. The molecule has 2 aromatic carbocycles. The van der Waals surface area contributed by atoms with E-state index < -0.39 is 24.0 Å². The number of carbonyl (C=O) groups is 3. The van der Waals surface area contributed by atoms with Gasteiger partial charge in [-0.3, -0.25) is 4.79 Å². The molecule has 2 heterocycles. The van der Waals surface area contributed by atoms with E-state index >= 15 is 0 Å². The van der Waals surface area contributed by atoms with E-state index in [4.69, 9.17) is 9.57 Å². The summed E-state index contributed by atoms with van der Waals surface area (Å²) in [5.41, 5.74) is 2.47. The summed E-state index contributed by atoms with van der Waals surface area (Å²) in [6, 6.07) is 15.8. The summed E-state index contributed by atoms with van der Waals surface area (Å²) in [4.78, 5) is 45.7. The van der Waals surface area contributed by atoms with Crippen molar-refractivity contribution >= 4 is 18.0 Å². The molecule has 1 fully saturated rings. The van der Waals surface area contributed by atoms with Crippen LogP contribution >= 0.6 is 0 Å². The topological polar surface area (TPSA) is 76.2 Å². The zero-order chi connectivity index (χ0) is 22.8. The first-order valence-corrected chi connectivity index (χ1v) is 11.0. The summed E-state index contributed by atoms with van der Waals surface area (Å²) in [6.07, 6.45) is 0.0771. The molecule has 2 aromatic rings. The van der Waals surface area contributed by atoms with Gasteiger partial charge in [0, 0.05) is 6.54 Å². The lowest BCUT2D eigenvalue weighted by Gasteiger charge is -2.39. The SMILES string of the molecule is CC(C)[C@H]1COC(=O)N1C(=O)[C@@H](C)[C@H]1c2ccccc2CCN1OC(=O)c1ccccc1. The average molecular weight is 437 g/mol. The van der Waals surface area contributed by atoms with Crippen molar-refractivity contribution in [3.63, 3.8) is 0 Å². The van der Waals surface area contributed by atoms with Gasteiger partial charge in [0.05, 0.1) is 23.6 Å². The monoisotopic (exact) mass is 436 g/mol. The van der Waals surface area contributed by atoms with Crippen molar-refractivity contribution < 1.29 is 24.0 Å². The number of nitrogens with zero attached hydrogens (tertiary/aromatic N) is 2. The van der Waals surface area contributed by atoms with Gasteiger partial charge in [0.1, 0.15) is 6.61 Å². The smallest absolute Gasteiger partial charge is 0.416 e. The third kappa shape index (κ3) is 4.12. The molecular formula is C25H28N2O5. The van der Waals surface area contributed by atoms with E-state index in [9.17, 15) is 14.4 Å². The molecule has 0 unspecified atom stereocenters. The van der Waals surface area contributed by atoms with Crippen LogP contribution in [0, 0.1) is 11.8 Å². The van der Waals surface area contributed by atoms with Gasteiger partial charge in [0.15, 0.2) is 0 Å². The number of hydroxylamine groups is 2. The molecule has 2 amide bonds. The Morgan fingerprint density at radius 3 is 2.44 bits per heavy atom. The Labute approximate surface area is 187 Å². The van der Waals surface area contributed by atoms with Gasteiger partial charge in [-0.1, -0.05) is 63.2 Å². The Balaban J connectivity index is 1.64. The van der Waals surface area contributed by atoms with E-state index in [0.717, 1.165) is 11.1 Å². The van der Waals surface area contributed by atoms with Crippen LogP contribution in [0.2, 0.25) is 0 Å². The van der Waals surface area contributed by atoms with Gasteiger partial charge in [0.25, 0.3) is 0 Å². The fourth-order valence-electron chi connectivity index (χ4n) is 4.46.